The molecule has 8 nitrogen and oxygen atoms in total. The van der Waals surface area contributed by atoms with Crippen LogP contribution in [0.15, 0.2) is 71.8 Å². The number of sulfonamides is 1. The molecule has 3 aromatic rings. The number of pyridine rings is 1. The Bertz CT molecular complexity index is 1290. The number of nitrogens with one attached hydrogen (secondary N) is 1. The molecule has 0 aliphatic carbocycles. The summed E-state index contributed by atoms with van der Waals surface area (Å²) in [5, 5.41) is 2.87. The molecule has 1 saturated heterocycles. The molecule has 5 rings (SSSR count). The zero-order valence-corrected chi connectivity index (χ0v) is 20.2. The number of fused-ring (bicyclic) bond motifs is 1. The fourth-order valence-electron chi connectivity index (χ4n) is 4.39. The molecular weight excluding hydrogens is 464 g/mol. The van der Waals surface area contributed by atoms with E-state index in [0.29, 0.717) is 44.8 Å². The van der Waals surface area contributed by atoms with Crippen LogP contribution in [0.2, 0.25) is 0 Å². The lowest BCUT2D eigenvalue weighted by Crippen LogP contribution is -2.36. The third-order valence-electron chi connectivity index (χ3n) is 6.45. The Kier molecular flexibility index (Phi) is 6.81. The molecule has 2 aliphatic rings. The van der Waals surface area contributed by atoms with Gasteiger partial charge in [0.1, 0.15) is 5.82 Å². The van der Waals surface area contributed by atoms with Crippen molar-refractivity contribution in [3.05, 3.63) is 89.1 Å². The van der Waals surface area contributed by atoms with Gasteiger partial charge in [0.15, 0.2) is 0 Å². The summed E-state index contributed by atoms with van der Waals surface area (Å²) in [5.41, 5.74) is 3.52. The van der Waals surface area contributed by atoms with Gasteiger partial charge in [0.25, 0.3) is 5.91 Å². The number of carbonyl (C=O) groups is 1. The van der Waals surface area contributed by atoms with Crippen LogP contribution in [0, 0.1) is 0 Å². The van der Waals surface area contributed by atoms with Crippen molar-refractivity contribution in [3.8, 4) is 0 Å². The molecule has 1 amide bonds. The van der Waals surface area contributed by atoms with Crippen molar-refractivity contribution < 1.29 is 17.9 Å². The zero-order valence-electron chi connectivity index (χ0n) is 19.4. The number of amides is 1. The van der Waals surface area contributed by atoms with Gasteiger partial charge in [-0.05, 0) is 53.4 Å². The highest BCUT2D eigenvalue weighted by molar-refractivity contribution is 7.89. The van der Waals surface area contributed by atoms with Gasteiger partial charge in [0.05, 0.1) is 18.1 Å². The Morgan fingerprint density at radius 3 is 2.40 bits per heavy atom. The molecule has 0 saturated carbocycles. The predicted octanol–water partition coefficient (Wildman–Crippen LogP) is 2.60. The summed E-state index contributed by atoms with van der Waals surface area (Å²) in [6, 6.07) is 17.9. The standard InChI is InChI=1S/C26H28N4O4S/c31-26(28-18-20-5-10-25(27-17-20)29-13-15-34-16-14-29)22-6-8-24(9-7-22)35(32,33)30-12-11-21-3-1-2-4-23(21)19-30/h1-10,17H,11-16,18-19H2,(H,28,31). The molecule has 2 aliphatic heterocycles. The maximum absolute atomic E-state index is 13.1. The van der Waals surface area contributed by atoms with Gasteiger partial charge < -0.3 is 15.0 Å². The van der Waals surface area contributed by atoms with Crippen molar-refractivity contribution in [1.82, 2.24) is 14.6 Å². The average molecular weight is 493 g/mol. The molecule has 1 aromatic heterocycles. The van der Waals surface area contributed by atoms with E-state index >= 15 is 0 Å². The van der Waals surface area contributed by atoms with E-state index in [1.165, 1.54) is 22.0 Å². The summed E-state index contributed by atoms with van der Waals surface area (Å²) >= 11 is 0. The number of carbonyl (C=O) groups excluding carboxylic acids is 1. The predicted molar refractivity (Wildman–Crippen MR) is 133 cm³/mol. The van der Waals surface area contributed by atoms with E-state index in [0.717, 1.165) is 30.0 Å². The van der Waals surface area contributed by atoms with Gasteiger partial charge in [-0.25, -0.2) is 13.4 Å². The number of hydrogen-bond acceptors (Lipinski definition) is 6. The smallest absolute Gasteiger partial charge is 0.251 e. The van der Waals surface area contributed by atoms with E-state index in [1.54, 1.807) is 18.3 Å². The molecule has 35 heavy (non-hydrogen) atoms. The first-order chi connectivity index (χ1) is 17.0. The molecule has 1 fully saturated rings. The summed E-state index contributed by atoms with van der Waals surface area (Å²) in [5.74, 6) is 0.635. The maximum Gasteiger partial charge on any atom is 0.251 e. The number of anilines is 1. The van der Waals surface area contributed by atoms with Gasteiger partial charge in [-0.1, -0.05) is 30.3 Å². The third kappa shape index (κ3) is 5.22. The van der Waals surface area contributed by atoms with Crippen molar-refractivity contribution in [1.29, 1.82) is 0 Å². The van der Waals surface area contributed by atoms with Crippen LogP contribution in [0.1, 0.15) is 27.0 Å². The van der Waals surface area contributed by atoms with Crippen LogP contribution in [0.25, 0.3) is 0 Å². The van der Waals surface area contributed by atoms with E-state index in [9.17, 15) is 13.2 Å². The van der Waals surface area contributed by atoms with E-state index in [4.69, 9.17) is 4.74 Å². The highest BCUT2D eigenvalue weighted by Gasteiger charge is 2.28. The Labute approximate surface area is 205 Å². The number of ether oxygens (including phenoxy) is 1. The largest absolute Gasteiger partial charge is 0.378 e. The topological polar surface area (TPSA) is 91.8 Å². The molecule has 182 valence electrons. The Morgan fingerprint density at radius 1 is 0.943 bits per heavy atom. The Morgan fingerprint density at radius 2 is 1.69 bits per heavy atom. The lowest BCUT2D eigenvalue weighted by molar-refractivity contribution is 0.0950. The zero-order chi connectivity index (χ0) is 24.3. The van der Waals surface area contributed by atoms with Gasteiger partial charge >= 0.3 is 0 Å². The second-order valence-corrected chi connectivity index (χ2v) is 10.6. The summed E-state index contributed by atoms with van der Waals surface area (Å²) in [7, 11) is -3.63. The quantitative estimate of drug-likeness (QED) is 0.569. The molecule has 0 atom stereocenters. The van der Waals surface area contributed by atoms with Gasteiger partial charge in [0.2, 0.25) is 10.0 Å². The summed E-state index contributed by atoms with van der Waals surface area (Å²) in [6.07, 6.45) is 2.45. The van der Waals surface area contributed by atoms with E-state index in [-0.39, 0.29) is 10.8 Å². The first kappa shape index (κ1) is 23.5. The van der Waals surface area contributed by atoms with Crippen molar-refractivity contribution in [2.75, 3.05) is 37.7 Å². The van der Waals surface area contributed by atoms with Gasteiger partial charge in [-0.2, -0.15) is 4.31 Å². The fourth-order valence-corrected chi connectivity index (χ4v) is 5.81. The first-order valence-electron chi connectivity index (χ1n) is 11.7. The van der Waals surface area contributed by atoms with Crippen molar-refractivity contribution >= 4 is 21.7 Å². The monoisotopic (exact) mass is 492 g/mol. The fraction of sp³-hybridized carbons (Fsp3) is 0.308. The molecular formula is C26H28N4O4S. The molecule has 0 radical (unpaired) electrons. The number of rotatable bonds is 6. The van der Waals surface area contributed by atoms with E-state index < -0.39 is 10.0 Å². The molecule has 0 unspecified atom stereocenters. The third-order valence-corrected chi connectivity index (χ3v) is 8.31. The number of hydrogen-bond donors (Lipinski definition) is 1. The Hall–Kier alpha value is -3.27. The average Bonchev–Trinajstić information content (AvgIpc) is 2.92. The van der Waals surface area contributed by atoms with E-state index in [1.807, 2.05) is 36.4 Å². The summed E-state index contributed by atoms with van der Waals surface area (Å²) in [4.78, 5) is 19.5. The van der Waals surface area contributed by atoms with Crippen LogP contribution in [0.5, 0.6) is 0 Å². The minimum atomic E-state index is -3.63. The normalized spacial score (nSPS) is 16.5. The van der Waals surface area contributed by atoms with Crippen LogP contribution in [-0.2, 0) is 34.3 Å². The van der Waals surface area contributed by atoms with E-state index in [2.05, 4.69) is 15.2 Å². The summed E-state index contributed by atoms with van der Waals surface area (Å²) in [6.45, 7) is 4.18. The molecule has 0 spiro atoms. The van der Waals surface area contributed by atoms with Crippen LogP contribution >= 0.6 is 0 Å². The maximum atomic E-state index is 13.1. The highest BCUT2D eigenvalue weighted by Crippen LogP contribution is 2.25. The number of morpholine rings is 1. The molecule has 1 N–H and O–H groups in total. The van der Waals surface area contributed by atoms with Gasteiger partial charge in [-0.15, -0.1) is 0 Å². The SMILES string of the molecule is O=C(NCc1ccc(N2CCOCC2)nc1)c1ccc(S(=O)(=O)N2CCc3ccccc3C2)cc1. The number of benzene rings is 2. The van der Waals surface area contributed by atoms with Crippen LogP contribution < -0.4 is 10.2 Å². The number of aromatic nitrogens is 1. The van der Waals surface area contributed by atoms with Crippen molar-refractivity contribution in [2.45, 2.75) is 24.4 Å². The van der Waals surface area contributed by atoms with Gasteiger partial charge in [-0.3, -0.25) is 4.79 Å². The minimum absolute atomic E-state index is 0.191. The van der Waals surface area contributed by atoms with Crippen LogP contribution in [0.3, 0.4) is 0 Å². The van der Waals surface area contributed by atoms with Crippen molar-refractivity contribution in [3.63, 3.8) is 0 Å². The summed E-state index contributed by atoms with van der Waals surface area (Å²) < 4.78 is 33.1. The Balaban J connectivity index is 1.19. The highest BCUT2D eigenvalue weighted by atomic mass is 32.2. The lowest BCUT2D eigenvalue weighted by Gasteiger charge is -2.28. The second kappa shape index (κ2) is 10.2. The minimum Gasteiger partial charge on any atom is -0.378 e. The van der Waals surface area contributed by atoms with Crippen molar-refractivity contribution in [2.24, 2.45) is 0 Å². The molecule has 9 heteroatoms. The lowest BCUT2D eigenvalue weighted by atomic mass is 10.0. The van der Waals surface area contributed by atoms with Crippen LogP contribution in [-0.4, -0.2) is 56.5 Å². The second-order valence-electron chi connectivity index (χ2n) is 8.69. The number of nitrogens with zero attached hydrogens (tertiary/aromatic N) is 3. The molecule has 3 heterocycles. The van der Waals surface area contributed by atoms with Gasteiger partial charge in [0, 0.05) is 44.5 Å². The van der Waals surface area contributed by atoms with Crippen LogP contribution in [0.4, 0.5) is 5.82 Å². The first-order valence-corrected chi connectivity index (χ1v) is 13.2. The molecule has 2 aromatic carbocycles. The molecule has 0 bridgehead atoms.